The zero-order chi connectivity index (χ0) is 18.3. The molecule has 4 rings (SSSR count). The zero-order valence-corrected chi connectivity index (χ0v) is 15.6. The minimum Gasteiger partial charge on any atom is -0.381 e. The molecule has 0 radical (unpaired) electrons. The highest BCUT2D eigenvalue weighted by Crippen LogP contribution is 2.31. The zero-order valence-electron chi connectivity index (χ0n) is 15.6. The van der Waals surface area contributed by atoms with Crippen molar-refractivity contribution in [1.82, 2.24) is 14.5 Å². The predicted octanol–water partition coefficient (Wildman–Crippen LogP) is 3.37. The number of fused-ring (bicyclic) bond motifs is 1. The first-order chi connectivity index (χ1) is 12.6. The van der Waals surface area contributed by atoms with Crippen molar-refractivity contribution in [3.8, 4) is 0 Å². The summed E-state index contributed by atoms with van der Waals surface area (Å²) in [5.41, 5.74) is 1.88. The first-order valence-electron chi connectivity index (χ1n) is 9.74. The van der Waals surface area contributed by atoms with E-state index < -0.39 is 0 Å². The van der Waals surface area contributed by atoms with Crippen molar-refractivity contribution in [3.05, 3.63) is 34.0 Å². The summed E-state index contributed by atoms with van der Waals surface area (Å²) in [6, 6.07) is 4.07. The van der Waals surface area contributed by atoms with Crippen molar-refractivity contribution in [2.24, 2.45) is 0 Å². The lowest BCUT2D eigenvalue weighted by Crippen LogP contribution is -2.45. The summed E-state index contributed by atoms with van der Waals surface area (Å²) in [6.07, 6.45) is 7.06. The Morgan fingerprint density at radius 1 is 1.08 bits per heavy atom. The Morgan fingerprint density at radius 3 is 2.42 bits per heavy atom. The van der Waals surface area contributed by atoms with Crippen LogP contribution in [0, 0.1) is 12.7 Å². The van der Waals surface area contributed by atoms with E-state index in [0.717, 1.165) is 44.3 Å². The Balaban J connectivity index is 1.47. The van der Waals surface area contributed by atoms with Gasteiger partial charge in [-0.05, 0) is 63.1 Å². The van der Waals surface area contributed by atoms with Crippen molar-refractivity contribution >= 4 is 11.0 Å². The minimum absolute atomic E-state index is 0.121. The molecule has 5 nitrogen and oxygen atoms in total. The summed E-state index contributed by atoms with van der Waals surface area (Å²) < 4.78 is 21.1. The number of piperidine rings is 1. The molecule has 0 atom stereocenters. The average Bonchev–Trinajstić information content (AvgIpc) is 2.97. The molecule has 2 aromatic rings. The van der Waals surface area contributed by atoms with Gasteiger partial charge < -0.3 is 14.6 Å². The third-order valence-electron chi connectivity index (χ3n) is 6.35. The van der Waals surface area contributed by atoms with E-state index in [1.54, 1.807) is 13.0 Å². The Labute approximate surface area is 153 Å². The van der Waals surface area contributed by atoms with Gasteiger partial charge in [-0.3, -0.25) is 4.57 Å². The Hall–Kier alpha value is -1.66. The van der Waals surface area contributed by atoms with E-state index in [1.807, 2.05) is 11.7 Å². The third-order valence-corrected chi connectivity index (χ3v) is 6.35. The lowest BCUT2D eigenvalue weighted by Gasteiger charge is -2.40. The number of aromatic nitrogens is 2. The number of ether oxygens (including phenoxy) is 1. The molecule has 1 aliphatic carbocycles. The number of aryl methyl sites for hydroxylation is 1. The quantitative estimate of drug-likeness (QED) is 0.912. The predicted molar refractivity (Wildman–Crippen MR) is 100 cm³/mol. The molecule has 1 saturated heterocycles. The van der Waals surface area contributed by atoms with Crippen LogP contribution in [0.25, 0.3) is 11.0 Å². The fraction of sp³-hybridized carbons (Fsp3) is 0.650. The summed E-state index contributed by atoms with van der Waals surface area (Å²) in [4.78, 5) is 17.9. The molecular weight excluding hydrogens is 333 g/mol. The van der Waals surface area contributed by atoms with Gasteiger partial charge in [-0.2, -0.15) is 0 Å². The minimum atomic E-state index is -0.271. The fourth-order valence-electron chi connectivity index (χ4n) is 4.77. The summed E-state index contributed by atoms with van der Waals surface area (Å²) in [5.74, 6) is -0.271. The van der Waals surface area contributed by atoms with E-state index >= 15 is 0 Å². The van der Waals surface area contributed by atoms with E-state index in [1.165, 1.54) is 18.9 Å². The molecule has 1 N–H and O–H groups in total. The van der Waals surface area contributed by atoms with E-state index in [4.69, 9.17) is 4.74 Å². The van der Waals surface area contributed by atoms with Gasteiger partial charge in [0.05, 0.1) is 17.1 Å². The van der Waals surface area contributed by atoms with Gasteiger partial charge in [0.25, 0.3) is 0 Å². The smallest absolute Gasteiger partial charge is 0.326 e. The van der Waals surface area contributed by atoms with E-state index in [9.17, 15) is 9.18 Å². The molecule has 0 unspecified atom stereocenters. The molecule has 1 aromatic carbocycles. The van der Waals surface area contributed by atoms with Crippen molar-refractivity contribution in [2.75, 3.05) is 20.2 Å². The average molecular weight is 361 g/mol. The number of halogens is 1. The lowest BCUT2D eigenvalue weighted by atomic mass is 9.90. The molecule has 26 heavy (non-hydrogen) atoms. The van der Waals surface area contributed by atoms with Crippen LogP contribution in [0.3, 0.4) is 0 Å². The van der Waals surface area contributed by atoms with Crippen LogP contribution in [-0.2, 0) is 4.74 Å². The van der Waals surface area contributed by atoms with Crippen LogP contribution in [-0.4, -0.2) is 46.8 Å². The Bertz CT molecular complexity index is 827. The molecule has 0 spiro atoms. The standard InChI is InChI=1S/C20H28FN3O2/c1-13-11-19-18(12-17(13)21)22-20(25)24(19)15-7-9-23(10-8-15)14-3-5-16(26-2)6-4-14/h11-12,14-16H,3-10H2,1-2H3,(H,22,25)/t14-,16+. The van der Waals surface area contributed by atoms with Crippen molar-refractivity contribution < 1.29 is 9.13 Å². The first-order valence-corrected chi connectivity index (χ1v) is 9.74. The van der Waals surface area contributed by atoms with Gasteiger partial charge in [-0.25, -0.2) is 9.18 Å². The summed E-state index contributed by atoms with van der Waals surface area (Å²) in [6.45, 7) is 3.79. The van der Waals surface area contributed by atoms with Crippen LogP contribution in [0.1, 0.15) is 50.1 Å². The maximum absolute atomic E-state index is 13.8. The Kier molecular flexibility index (Phi) is 4.88. The number of H-pyrrole nitrogens is 1. The topological polar surface area (TPSA) is 50.3 Å². The third kappa shape index (κ3) is 3.21. The van der Waals surface area contributed by atoms with Gasteiger partial charge in [0.15, 0.2) is 0 Å². The van der Waals surface area contributed by atoms with Gasteiger partial charge in [-0.15, -0.1) is 0 Å². The van der Waals surface area contributed by atoms with Crippen LogP contribution < -0.4 is 5.69 Å². The lowest BCUT2D eigenvalue weighted by molar-refractivity contribution is 0.0296. The second-order valence-electron chi connectivity index (χ2n) is 7.85. The second kappa shape index (κ2) is 7.16. The number of hydrogen-bond donors (Lipinski definition) is 1. The number of rotatable bonds is 3. The van der Waals surface area contributed by atoms with Gasteiger partial charge in [-0.1, -0.05) is 0 Å². The van der Waals surface area contributed by atoms with Crippen molar-refractivity contribution in [3.63, 3.8) is 0 Å². The molecule has 2 fully saturated rings. The number of nitrogens with zero attached hydrogens (tertiary/aromatic N) is 2. The molecule has 0 amide bonds. The number of benzene rings is 1. The molecule has 0 bridgehead atoms. The van der Waals surface area contributed by atoms with Crippen molar-refractivity contribution in [2.45, 2.75) is 63.6 Å². The molecule has 1 saturated carbocycles. The molecule has 142 valence electrons. The number of aromatic amines is 1. The van der Waals surface area contributed by atoms with Gasteiger partial charge >= 0.3 is 5.69 Å². The number of nitrogens with one attached hydrogen (secondary N) is 1. The molecule has 1 aromatic heterocycles. The second-order valence-corrected chi connectivity index (χ2v) is 7.85. The van der Waals surface area contributed by atoms with E-state index in [0.29, 0.717) is 23.2 Å². The van der Waals surface area contributed by atoms with Crippen LogP contribution >= 0.6 is 0 Å². The highest BCUT2D eigenvalue weighted by Gasteiger charge is 2.30. The Morgan fingerprint density at radius 2 is 1.77 bits per heavy atom. The number of likely N-dealkylation sites (tertiary alicyclic amines) is 1. The van der Waals surface area contributed by atoms with Crippen LogP contribution in [0.5, 0.6) is 0 Å². The number of hydrogen-bond acceptors (Lipinski definition) is 3. The highest BCUT2D eigenvalue weighted by molar-refractivity contribution is 5.76. The van der Waals surface area contributed by atoms with Crippen LogP contribution in [0.2, 0.25) is 0 Å². The SMILES string of the molecule is CO[C@H]1CC[C@@H](N2CCC(n3c(=O)[nH]c4cc(F)c(C)cc43)CC2)CC1. The van der Waals surface area contributed by atoms with E-state index in [2.05, 4.69) is 9.88 Å². The van der Waals surface area contributed by atoms with Gasteiger partial charge in [0, 0.05) is 32.3 Å². The normalized spacial score (nSPS) is 25.8. The summed E-state index contributed by atoms with van der Waals surface area (Å²) in [7, 11) is 1.81. The molecule has 1 aliphatic heterocycles. The fourth-order valence-corrected chi connectivity index (χ4v) is 4.77. The molecule has 6 heteroatoms. The molecule has 2 aliphatic rings. The monoisotopic (exact) mass is 361 g/mol. The van der Waals surface area contributed by atoms with Gasteiger partial charge in [0.1, 0.15) is 5.82 Å². The largest absolute Gasteiger partial charge is 0.381 e. The maximum Gasteiger partial charge on any atom is 0.326 e. The molecular formula is C20H28FN3O2. The summed E-state index contributed by atoms with van der Waals surface area (Å²) in [5, 5.41) is 0. The summed E-state index contributed by atoms with van der Waals surface area (Å²) >= 11 is 0. The van der Waals surface area contributed by atoms with E-state index in [-0.39, 0.29) is 17.5 Å². The van der Waals surface area contributed by atoms with Crippen LogP contribution in [0.4, 0.5) is 4.39 Å². The maximum atomic E-state index is 13.8. The van der Waals surface area contributed by atoms with Crippen LogP contribution in [0.15, 0.2) is 16.9 Å². The highest BCUT2D eigenvalue weighted by atomic mass is 19.1. The number of methoxy groups -OCH3 is 1. The molecule has 2 heterocycles. The number of imidazole rings is 1. The van der Waals surface area contributed by atoms with Gasteiger partial charge in [0.2, 0.25) is 0 Å². The van der Waals surface area contributed by atoms with Crippen molar-refractivity contribution in [1.29, 1.82) is 0 Å². The first kappa shape index (κ1) is 17.7.